The lowest BCUT2D eigenvalue weighted by molar-refractivity contribution is 0.122. The van der Waals surface area contributed by atoms with E-state index in [1.165, 1.54) is 32.1 Å². The fourth-order valence-electron chi connectivity index (χ4n) is 4.02. The van der Waals surface area contributed by atoms with Gasteiger partial charge in [0.1, 0.15) is 11.3 Å². The minimum atomic E-state index is 0.448. The fraction of sp³-hybridized carbons (Fsp3) is 0.500. The Morgan fingerprint density at radius 2 is 1.90 bits per heavy atom. The first-order valence-electron chi connectivity index (χ1n) is 10.4. The van der Waals surface area contributed by atoms with Crippen LogP contribution < -0.4 is 15.5 Å². The highest BCUT2D eigenvalue weighted by Gasteiger charge is 2.17. The molecule has 0 bridgehead atoms. The molecule has 1 aliphatic heterocycles. The molecule has 4 heterocycles. The number of ether oxygens (including phenoxy) is 1. The first kappa shape index (κ1) is 18.1. The van der Waals surface area contributed by atoms with Gasteiger partial charge in [-0.3, -0.25) is 0 Å². The second kappa shape index (κ2) is 8.20. The predicted molar refractivity (Wildman–Crippen MR) is 113 cm³/mol. The maximum absolute atomic E-state index is 5.41. The molecule has 3 N–H and O–H groups in total. The van der Waals surface area contributed by atoms with Crippen LogP contribution in [-0.4, -0.2) is 57.3 Å². The smallest absolute Gasteiger partial charge is 0.232 e. The van der Waals surface area contributed by atoms with Gasteiger partial charge in [0.2, 0.25) is 5.95 Å². The molecule has 0 amide bonds. The maximum Gasteiger partial charge on any atom is 0.232 e. The van der Waals surface area contributed by atoms with Crippen LogP contribution in [0.2, 0.25) is 0 Å². The van der Waals surface area contributed by atoms with Crippen LogP contribution in [0.5, 0.6) is 0 Å². The summed E-state index contributed by atoms with van der Waals surface area (Å²) in [5.74, 6) is 2.00. The molecule has 2 aliphatic rings. The van der Waals surface area contributed by atoms with E-state index < -0.39 is 0 Å². The van der Waals surface area contributed by atoms with Crippen LogP contribution in [0.3, 0.4) is 0 Å². The molecule has 0 atom stereocenters. The van der Waals surface area contributed by atoms with E-state index in [9.17, 15) is 0 Å². The van der Waals surface area contributed by atoms with Crippen molar-refractivity contribution in [3.63, 3.8) is 0 Å². The number of aromatic nitrogens is 5. The van der Waals surface area contributed by atoms with Crippen LogP contribution in [0.25, 0.3) is 11.2 Å². The van der Waals surface area contributed by atoms with Crippen molar-refractivity contribution in [2.75, 3.05) is 41.8 Å². The summed E-state index contributed by atoms with van der Waals surface area (Å²) in [5, 5.41) is 6.81. The Labute approximate surface area is 169 Å². The van der Waals surface area contributed by atoms with E-state index in [0.717, 1.165) is 43.3 Å². The molecule has 1 saturated heterocycles. The third kappa shape index (κ3) is 4.09. The Bertz CT molecular complexity index is 945. The van der Waals surface area contributed by atoms with Crippen molar-refractivity contribution in [2.24, 2.45) is 0 Å². The average molecular weight is 394 g/mol. The number of anilines is 4. The van der Waals surface area contributed by atoms with E-state index in [0.29, 0.717) is 23.5 Å². The van der Waals surface area contributed by atoms with Crippen molar-refractivity contribution in [2.45, 2.75) is 38.1 Å². The summed E-state index contributed by atoms with van der Waals surface area (Å²) in [4.78, 5) is 23.5. The average Bonchev–Trinajstić information content (AvgIpc) is 3.25. The largest absolute Gasteiger partial charge is 0.378 e. The number of hydrogen-bond donors (Lipinski definition) is 3. The highest BCUT2D eigenvalue weighted by atomic mass is 16.5. The molecule has 0 radical (unpaired) electrons. The van der Waals surface area contributed by atoms with E-state index in [2.05, 4.69) is 41.5 Å². The SMILES string of the molecule is c1nc2nc(Nc3ccc(N4CCOCC4)cn3)nc(NC3CCCCC3)c2[nH]1. The Balaban J connectivity index is 1.34. The molecule has 0 unspecified atom stereocenters. The van der Waals surface area contributed by atoms with Crippen LogP contribution in [-0.2, 0) is 4.74 Å². The van der Waals surface area contributed by atoms with Gasteiger partial charge < -0.3 is 25.3 Å². The number of nitrogens with one attached hydrogen (secondary N) is 3. The Hall–Kier alpha value is -2.94. The first-order valence-corrected chi connectivity index (χ1v) is 10.4. The number of imidazole rings is 1. The Morgan fingerprint density at radius 1 is 1.03 bits per heavy atom. The van der Waals surface area contributed by atoms with Crippen molar-refractivity contribution in [3.05, 3.63) is 24.7 Å². The molecule has 1 saturated carbocycles. The molecule has 1 aliphatic carbocycles. The fourth-order valence-corrected chi connectivity index (χ4v) is 4.02. The number of rotatable bonds is 5. The molecule has 2 fully saturated rings. The van der Waals surface area contributed by atoms with E-state index in [1.807, 2.05) is 12.3 Å². The molecule has 3 aromatic heterocycles. The third-order valence-corrected chi connectivity index (χ3v) is 5.60. The van der Waals surface area contributed by atoms with Crippen LogP contribution in [0.1, 0.15) is 32.1 Å². The number of hydrogen-bond acceptors (Lipinski definition) is 8. The van der Waals surface area contributed by atoms with Gasteiger partial charge in [-0.05, 0) is 25.0 Å². The zero-order chi connectivity index (χ0) is 19.5. The van der Waals surface area contributed by atoms with Gasteiger partial charge >= 0.3 is 0 Å². The van der Waals surface area contributed by atoms with Gasteiger partial charge in [-0.1, -0.05) is 19.3 Å². The number of morpholine rings is 1. The van der Waals surface area contributed by atoms with Crippen LogP contribution >= 0.6 is 0 Å². The minimum absolute atomic E-state index is 0.448. The molecular formula is C20H26N8O. The lowest BCUT2D eigenvalue weighted by Crippen LogP contribution is -2.36. The summed E-state index contributed by atoms with van der Waals surface area (Å²) < 4.78 is 5.41. The number of nitrogens with zero attached hydrogens (tertiary/aromatic N) is 5. The minimum Gasteiger partial charge on any atom is -0.378 e. The van der Waals surface area contributed by atoms with Crippen LogP contribution in [0.15, 0.2) is 24.7 Å². The summed E-state index contributed by atoms with van der Waals surface area (Å²) in [5.41, 5.74) is 2.59. The lowest BCUT2D eigenvalue weighted by atomic mass is 9.95. The summed E-state index contributed by atoms with van der Waals surface area (Å²) in [6, 6.07) is 4.47. The second-order valence-electron chi connectivity index (χ2n) is 7.60. The summed E-state index contributed by atoms with van der Waals surface area (Å²) in [6.07, 6.45) is 9.73. The van der Waals surface area contributed by atoms with Gasteiger partial charge in [0, 0.05) is 19.1 Å². The number of pyridine rings is 1. The van der Waals surface area contributed by atoms with E-state index in [4.69, 9.17) is 9.72 Å². The summed E-state index contributed by atoms with van der Waals surface area (Å²) in [7, 11) is 0. The standard InChI is InChI=1S/C20H26N8O/c1-2-4-14(5-3-1)24-19-17-18(23-13-22-17)26-20(27-19)25-16-7-6-15(12-21-16)28-8-10-29-11-9-28/h6-7,12-14H,1-5,8-11H2,(H3,21,22,23,24,25,26,27). The van der Waals surface area contributed by atoms with Gasteiger partial charge in [0.15, 0.2) is 11.5 Å². The molecule has 9 heteroatoms. The summed E-state index contributed by atoms with van der Waals surface area (Å²) >= 11 is 0. The Morgan fingerprint density at radius 3 is 2.69 bits per heavy atom. The van der Waals surface area contributed by atoms with Crippen molar-refractivity contribution < 1.29 is 4.74 Å². The highest BCUT2D eigenvalue weighted by Crippen LogP contribution is 2.26. The summed E-state index contributed by atoms with van der Waals surface area (Å²) in [6.45, 7) is 3.30. The maximum atomic E-state index is 5.41. The van der Waals surface area contributed by atoms with Crippen molar-refractivity contribution in [3.8, 4) is 0 Å². The molecular weight excluding hydrogens is 368 g/mol. The van der Waals surface area contributed by atoms with Crippen molar-refractivity contribution >= 4 is 34.4 Å². The van der Waals surface area contributed by atoms with Gasteiger partial charge in [0.25, 0.3) is 0 Å². The zero-order valence-corrected chi connectivity index (χ0v) is 16.4. The highest BCUT2D eigenvalue weighted by molar-refractivity contribution is 5.84. The molecule has 3 aromatic rings. The topological polar surface area (TPSA) is 104 Å². The molecule has 29 heavy (non-hydrogen) atoms. The molecule has 0 spiro atoms. The predicted octanol–water partition coefficient (Wildman–Crippen LogP) is 3.07. The number of H-pyrrole nitrogens is 1. The van der Waals surface area contributed by atoms with Crippen molar-refractivity contribution in [1.29, 1.82) is 0 Å². The van der Waals surface area contributed by atoms with E-state index in [-0.39, 0.29) is 0 Å². The normalized spacial score (nSPS) is 18.1. The molecule has 5 rings (SSSR count). The number of aromatic amines is 1. The first-order chi connectivity index (χ1) is 14.3. The number of fused-ring (bicyclic) bond motifs is 1. The van der Waals surface area contributed by atoms with Gasteiger partial charge in [-0.25, -0.2) is 9.97 Å². The van der Waals surface area contributed by atoms with E-state index >= 15 is 0 Å². The Kier molecular flexibility index (Phi) is 5.12. The third-order valence-electron chi connectivity index (χ3n) is 5.60. The van der Waals surface area contributed by atoms with Crippen molar-refractivity contribution in [1.82, 2.24) is 24.9 Å². The molecule has 9 nitrogen and oxygen atoms in total. The quantitative estimate of drug-likeness (QED) is 0.607. The van der Waals surface area contributed by atoms with Crippen LogP contribution in [0.4, 0.5) is 23.3 Å². The molecule has 152 valence electrons. The molecule has 0 aromatic carbocycles. The van der Waals surface area contributed by atoms with Gasteiger partial charge in [-0.2, -0.15) is 9.97 Å². The monoisotopic (exact) mass is 394 g/mol. The second-order valence-corrected chi connectivity index (χ2v) is 7.60. The zero-order valence-electron chi connectivity index (χ0n) is 16.4. The van der Waals surface area contributed by atoms with Gasteiger partial charge in [0.05, 0.1) is 31.4 Å². The van der Waals surface area contributed by atoms with Crippen LogP contribution in [0, 0.1) is 0 Å². The van der Waals surface area contributed by atoms with E-state index in [1.54, 1.807) is 6.33 Å². The lowest BCUT2D eigenvalue weighted by Gasteiger charge is -2.28. The van der Waals surface area contributed by atoms with Gasteiger partial charge in [-0.15, -0.1) is 0 Å².